The van der Waals surface area contributed by atoms with E-state index in [-0.39, 0.29) is 0 Å². The van der Waals surface area contributed by atoms with Gasteiger partial charge in [0.25, 0.3) is 0 Å². The van der Waals surface area contributed by atoms with Gasteiger partial charge in [-0.05, 0) is 37.6 Å². The SMILES string of the molecule is C1=CC(C2CCNCC2)=N1.COCc1ccccc1. The van der Waals surface area contributed by atoms with Gasteiger partial charge in [0.2, 0.25) is 0 Å². The third kappa shape index (κ3) is 4.62. The van der Waals surface area contributed by atoms with E-state index >= 15 is 0 Å². The molecule has 0 bridgehead atoms. The lowest BCUT2D eigenvalue weighted by Gasteiger charge is -2.24. The fourth-order valence-corrected chi connectivity index (χ4v) is 2.26. The van der Waals surface area contributed by atoms with Crippen LogP contribution in [0.5, 0.6) is 0 Å². The van der Waals surface area contributed by atoms with Gasteiger partial charge in [0.05, 0.1) is 6.61 Å². The largest absolute Gasteiger partial charge is 0.380 e. The Morgan fingerprint density at radius 2 is 1.89 bits per heavy atom. The quantitative estimate of drug-likeness (QED) is 0.904. The maximum Gasteiger partial charge on any atom is 0.0713 e. The Morgan fingerprint density at radius 3 is 2.42 bits per heavy atom. The first-order valence-corrected chi connectivity index (χ1v) is 6.88. The van der Waals surface area contributed by atoms with Crippen LogP contribution in [0, 0.1) is 5.92 Å². The summed E-state index contributed by atoms with van der Waals surface area (Å²) < 4.78 is 4.93. The molecule has 1 N–H and O–H groups in total. The summed E-state index contributed by atoms with van der Waals surface area (Å²) >= 11 is 0. The number of piperidine rings is 1. The zero-order chi connectivity index (χ0) is 13.3. The highest BCUT2D eigenvalue weighted by molar-refractivity contribution is 6.01. The second kappa shape index (κ2) is 7.87. The van der Waals surface area contributed by atoms with E-state index in [1.165, 1.54) is 24.1 Å². The lowest BCUT2D eigenvalue weighted by Crippen LogP contribution is -2.32. The molecule has 2 aliphatic heterocycles. The van der Waals surface area contributed by atoms with Crippen molar-refractivity contribution in [3.8, 4) is 0 Å². The first kappa shape index (κ1) is 14.0. The third-order valence-corrected chi connectivity index (χ3v) is 3.38. The normalized spacial score (nSPS) is 18.1. The van der Waals surface area contributed by atoms with Crippen molar-refractivity contribution < 1.29 is 4.74 Å². The fraction of sp³-hybridized carbons (Fsp3) is 0.438. The summed E-state index contributed by atoms with van der Waals surface area (Å²) in [7, 11) is 1.70. The van der Waals surface area contributed by atoms with E-state index in [1.54, 1.807) is 7.11 Å². The van der Waals surface area contributed by atoms with Crippen LogP contribution in [0.4, 0.5) is 0 Å². The van der Waals surface area contributed by atoms with Crippen molar-refractivity contribution in [1.29, 1.82) is 0 Å². The first-order valence-electron chi connectivity index (χ1n) is 6.88. The van der Waals surface area contributed by atoms with Crippen LogP contribution in [-0.2, 0) is 11.3 Å². The molecule has 0 aliphatic carbocycles. The van der Waals surface area contributed by atoms with Gasteiger partial charge in [-0.3, -0.25) is 4.99 Å². The van der Waals surface area contributed by atoms with Crippen LogP contribution in [0.2, 0.25) is 0 Å². The van der Waals surface area contributed by atoms with E-state index in [1.807, 2.05) is 36.5 Å². The van der Waals surface area contributed by atoms with Gasteiger partial charge in [-0.1, -0.05) is 30.3 Å². The molecule has 1 aromatic rings. The number of rotatable bonds is 3. The zero-order valence-corrected chi connectivity index (χ0v) is 11.5. The highest BCUT2D eigenvalue weighted by Gasteiger charge is 2.18. The Labute approximate surface area is 115 Å². The van der Waals surface area contributed by atoms with E-state index in [0.717, 1.165) is 19.0 Å². The first-order chi connectivity index (χ1) is 9.40. The van der Waals surface area contributed by atoms with E-state index < -0.39 is 0 Å². The van der Waals surface area contributed by atoms with E-state index in [9.17, 15) is 0 Å². The number of allylic oxidation sites excluding steroid dienone is 1. The van der Waals surface area contributed by atoms with Gasteiger partial charge in [-0.2, -0.15) is 0 Å². The average Bonchev–Trinajstić information content (AvgIpc) is 2.40. The van der Waals surface area contributed by atoms with Crippen LogP contribution in [0.3, 0.4) is 0 Å². The van der Waals surface area contributed by atoms with E-state index in [0.29, 0.717) is 6.61 Å². The standard InChI is InChI=1S/C8H12N2.C8H10O/c1-4-9-5-2-7(1)8-3-6-10-8;1-9-7-8-5-3-2-4-6-8/h3,6-7,9H,1-2,4-5H2;2-6H,7H2,1H3. The number of hydrogen-bond acceptors (Lipinski definition) is 3. The maximum atomic E-state index is 4.93. The van der Waals surface area contributed by atoms with Gasteiger partial charge in [0.15, 0.2) is 0 Å². The maximum absolute atomic E-state index is 4.93. The van der Waals surface area contributed by atoms with E-state index in [4.69, 9.17) is 4.74 Å². The van der Waals surface area contributed by atoms with Gasteiger partial charge in [-0.25, -0.2) is 0 Å². The lowest BCUT2D eigenvalue weighted by molar-refractivity contribution is 0.185. The minimum absolute atomic E-state index is 0.709. The number of methoxy groups -OCH3 is 1. The monoisotopic (exact) mass is 258 g/mol. The highest BCUT2D eigenvalue weighted by Crippen LogP contribution is 2.17. The Bertz CT molecular complexity index is 420. The molecule has 0 radical (unpaired) electrons. The van der Waals surface area contributed by atoms with Crippen LogP contribution >= 0.6 is 0 Å². The summed E-state index contributed by atoms with van der Waals surface area (Å²) in [6, 6.07) is 10.1. The minimum atomic E-state index is 0.709. The average molecular weight is 258 g/mol. The molecule has 1 saturated heterocycles. The zero-order valence-electron chi connectivity index (χ0n) is 11.5. The Kier molecular flexibility index (Phi) is 5.79. The molecular formula is C16H22N2O. The molecule has 3 nitrogen and oxygen atoms in total. The predicted molar refractivity (Wildman–Crippen MR) is 79.3 cm³/mol. The molecule has 2 aliphatic rings. The van der Waals surface area contributed by atoms with Gasteiger partial charge in [0, 0.05) is 24.9 Å². The van der Waals surface area contributed by atoms with Gasteiger partial charge in [0.1, 0.15) is 0 Å². The van der Waals surface area contributed by atoms with Crippen LogP contribution in [-0.4, -0.2) is 25.9 Å². The van der Waals surface area contributed by atoms with Crippen LogP contribution in [0.1, 0.15) is 18.4 Å². The molecule has 19 heavy (non-hydrogen) atoms. The second-order valence-corrected chi connectivity index (χ2v) is 4.81. The summed E-state index contributed by atoms with van der Waals surface area (Å²) in [5.74, 6) is 0.756. The summed E-state index contributed by atoms with van der Waals surface area (Å²) in [5, 5.41) is 3.34. The van der Waals surface area contributed by atoms with Gasteiger partial charge >= 0.3 is 0 Å². The minimum Gasteiger partial charge on any atom is -0.380 e. The molecule has 3 rings (SSSR count). The topological polar surface area (TPSA) is 33.6 Å². The smallest absolute Gasteiger partial charge is 0.0713 e. The summed E-state index contributed by atoms with van der Waals surface area (Å²) in [5.41, 5.74) is 2.54. The molecule has 0 spiro atoms. The van der Waals surface area contributed by atoms with Crippen molar-refractivity contribution in [3.63, 3.8) is 0 Å². The van der Waals surface area contributed by atoms with Crippen molar-refractivity contribution >= 4 is 5.71 Å². The third-order valence-electron chi connectivity index (χ3n) is 3.38. The Morgan fingerprint density at radius 1 is 1.21 bits per heavy atom. The molecule has 0 aromatic heterocycles. The Balaban J connectivity index is 0.000000141. The molecule has 0 amide bonds. The number of benzene rings is 1. The van der Waals surface area contributed by atoms with Crippen LogP contribution in [0.25, 0.3) is 0 Å². The number of ether oxygens (including phenoxy) is 1. The fourth-order valence-electron chi connectivity index (χ4n) is 2.26. The molecule has 0 unspecified atom stereocenters. The van der Waals surface area contributed by atoms with E-state index in [2.05, 4.69) is 16.4 Å². The molecule has 1 aromatic carbocycles. The van der Waals surface area contributed by atoms with Gasteiger partial charge in [-0.15, -0.1) is 0 Å². The summed E-state index contributed by atoms with van der Waals surface area (Å²) in [6.07, 6.45) is 6.56. The van der Waals surface area contributed by atoms with Crippen LogP contribution < -0.4 is 5.32 Å². The van der Waals surface area contributed by atoms with Crippen molar-refractivity contribution in [3.05, 3.63) is 48.2 Å². The molecule has 0 saturated carbocycles. The van der Waals surface area contributed by atoms with Gasteiger partial charge < -0.3 is 10.1 Å². The molecule has 3 heteroatoms. The second-order valence-electron chi connectivity index (χ2n) is 4.81. The summed E-state index contributed by atoms with van der Waals surface area (Å²) in [4.78, 5) is 4.20. The number of hydrogen-bond donors (Lipinski definition) is 1. The van der Waals surface area contributed by atoms with Crippen molar-refractivity contribution in [2.45, 2.75) is 19.4 Å². The van der Waals surface area contributed by atoms with Crippen molar-refractivity contribution in [1.82, 2.24) is 5.32 Å². The van der Waals surface area contributed by atoms with Crippen LogP contribution in [0.15, 0.2) is 47.6 Å². The highest BCUT2D eigenvalue weighted by atomic mass is 16.5. The molecule has 102 valence electrons. The number of aliphatic imine (C=N–C) groups is 1. The molecule has 2 heterocycles. The Hall–Kier alpha value is -1.45. The predicted octanol–water partition coefficient (Wildman–Crippen LogP) is 2.79. The van der Waals surface area contributed by atoms with Crippen molar-refractivity contribution in [2.24, 2.45) is 10.9 Å². The number of nitrogens with one attached hydrogen (secondary N) is 1. The lowest BCUT2D eigenvalue weighted by atomic mass is 9.91. The number of nitrogens with zero attached hydrogens (tertiary/aromatic N) is 1. The molecule has 1 fully saturated rings. The van der Waals surface area contributed by atoms with Crippen molar-refractivity contribution in [2.75, 3.05) is 20.2 Å². The summed E-state index contributed by atoms with van der Waals surface area (Å²) in [6.45, 7) is 3.04. The molecule has 0 atom stereocenters. The molecular weight excluding hydrogens is 236 g/mol.